The van der Waals surface area contributed by atoms with Gasteiger partial charge in [-0.05, 0) is 81.3 Å². The average molecular weight is 561 g/mol. The minimum Gasteiger partial charge on any atom is -0.497 e. The number of ether oxygens (including phenoxy) is 3. The van der Waals surface area contributed by atoms with Crippen LogP contribution in [0.1, 0.15) is 29.2 Å². The molecule has 1 heterocycles. The average Bonchev–Trinajstić information content (AvgIpc) is 3.33. The first-order valence-electron chi connectivity index (χ1n) is 12.3. The molecule has 0 atom stereocenters. The van der Waals surface area contributed by atoms with Crippen LogP contribution in [-0.4, -0.2) is 64.0 Å². The molecule has 0 spiro atoms. The van der Waals surface area contributed by atoms with Crippen molar-refractivity contribution in [2.75, 3.05) is 34.4 Å². The summed E-state index contributed by atoms with van der Waals surface area (Å²) in [5.74, 6) is 1.55. The minimum absolute atomic E-state index is 0.116. The zero-order valence-electron chi connectivity index (χ0n) is 22.8. The summed E-state index contributed by atoms with van der Waals surface area (Å²) in [4.78, 5) is 17.7. The molecule has 0 saturated carbocycles. The van der Waals surface area contributed by atoms with Crippen molar-refractivity contribution in [1.82, 2.24) is 9.21 Å². The van der Waals surface area contributed by atoms with Crippen LogP contribution in [-0.2, 0) is 27.8 Å². The molecule has 38 heavy (non-hydrogen) atoms. The van der Waals surface area contributed by atoms with Crippen LogP contribution in [0.15, 0.2) is 59.5 Å². The van der Waals surface area contributed by atoms with Gasteiger partial charge in [0.2, 0.25) is 15.9 Å². The topological polar surface area (TPSA) is 85.4 Å². The van der Waals surface area contributed by atoms with Gasteiger partial charge in [-0.1, -0.05) is 6.07 Å². The number of benzene rings is 2. The lowest BCUT2D eigenvalue weighted by Gasteiger charge is -2.29. The molecule has 0 aliphatic rings. The van der Waals surface area contributed by atoms with E-state index in [1.165, 1.54) is 23.5 Å². The SMILES string of the molecule is COc1ccc(S(=O)(=O)N(CC(=O)N(CCc2ccc(OC)c(OC)c2)Cc2ccc(C)s2)C(C)C)cc1. The van der Waals surface area contributed by atoms with Gasteiger partial charge in [-0.3, -0.25) is 4.79 Å². The molecule has 0 aliphatic carbocycles. The number of aryl methyl sites for hydroxylation is 1. The lowest BCUT2D eigenvalue weighted by atomic mass is 10.1. The Morgan fingerprint density at radius 3 is 2.16 bits per heavy atom. The summed E-state index contributed by atoms with van der Waals surface area (Å²) >= 11 is 1.62. The molecule has 0 saturated heterocycles. The Kier molecular flexibility index (Phi) is 10.2. The van der Waals surface area contributed by atoms with E-state index in [9.17, 15) is 13.2 Å². The molecule has 0 aliphatic heterocycles. The number of carbonyl (C=O) groups is 1. The van der Waals surface area contributed by atoms with Crippen molar-refractivity contribution in [1.29, 1.82) is 0 Å². The molecular weight excluding hydrogens is 524 g/mol. The summed E-state index contributed by atoms with van der Waals surface area (Å²) in [6.07, 6.45) is 0.573. The number of rotatable bonds is 13. The molecule has 0 fully saturated rings. The highest BCUT2D eigenvalue weighted by Crippen LogP contribution is 2.28. The van der Waals surface area contributed by atoms with E-state index >= 15 is 0 Å². The number of amides is 1. The Balaban J connectivity index is 1.84. The summed E-state index contributed by atoms with van der Waals surface area (Å²) in [6, 6.07) is 15.5. The van der Waals surface area contributed by atoms with E-state index in [-0.39, 0.29) is 17.3 Å². The summed E-state index contributed by atoms with van der Waals surface area (Å²) in [5, 5.41) is 0. The fourth-order valence-corrected chi connectivity index (χ4v) is 6.50. The molecule has 0 unspecified atom stereocenters. The van der Waals surface area contributed by atoms with E-state index in [4.69, 9.17) is 14.2 Å². The van der Waals surface area contributed by atoms with Crippen LogP contribution in [0.3, 0.4) is 0 Å². The van der Waals surface area contributed by atoms with Crippen molar-refractivity contribution in [3.05, 3.63) is 69.9 Å². The Hall–Kier alpha value is -3.08. The molecule has 0 N–H and O–H groups in total. The Labute approximate surface area is 229 Å². The second-order valence-corrected chi connectivity index (χ2v) is 12.3. The van der Waals surface area contributed by atoms with E-state index in [2.05, 4.69) is 0 Å². The number of nitrogens with zero attached hydrogens (tertiary/aromatic N) is 2. The van der Waals surface area contributed by atoms with Gasteiger partial charge in [0.15, 0.2) is 11.5 Å². The normalized spacial score (nSPS) is 11.6. The highest BCUT2D eigenvalue weighted by Gasteiger charge is 2.31. The molecule has 206 valence electrons. The first kappa shape index (κ1) is 29.5. The third-order valence-electron chi connectivity index (χ3n) is 6.15. The quantitative estimate of drug-likeness (QED) is 0.300. The van der Waals surface area contributed by atoms with Crippen molar-refractivity contribution in [2.24, 2.45) is 0 Å². The van der Waals surface area contributed by atoms with Crippen molar-refractivity contribution in [3.63, 3.8) is 0 Å². The van der Waals surface area contributed by atoms with Crippen LogP contribution >= 0.6 is 11.3 Å². The smallest absolute Gasteiger partial charge is 0.243 e. The van der Waals surface area contributed by atoms with E-state index in [1.807, 2.05) is 37.3 Å². The molecule has 0 radical (unpaired) electrons. The van der Waals surface area contributed by atoms with E-state index in [0.29, 0.717) is 36.8 Å². The lowest BCUT2D eigenvalue weighted by Crippen LogP contribution is -2.46. The number of methoxy groups -OCH3 is 3. The molecule has 8 nitrogen and oxygen atoms in total. The number of hydrogen-bond donors (Lipinski definition) is 0. The zero-order valence-corrected chi connectivity index (χ0v) is 24.4. The third kappa shape index (κ3) is 7.27. The Bertz CT molecular complexity index is 1320. The molecule has 0 bridgehead atoms. The van der Waals surface area contributed by atoms with Gasteiger partial charge in [0.1, 0.15) is 5.75 Å². The van der Waals surface area contributed by atoms with Gasteiger partial charge in [-0.15, -0.1) is 11.3 Å². The van der Waals surface area contributed by atoms with E-state index in [0.717, 1.165) is 15.3 Å². The Morgan fingerprint density at radius 1 is 0.921 bits per heavy atom. The second kappa shape index (κ2) is 13.1. The first-order chi connectivity index (χ1) is 18.1. The molecular formula is C28H36N2O6S2. The summed E-state index contributed by atoms with van der Waals surface area (Å²) in [6.45, 7) is 6.11. The van der Waals surface area contributed by atoms with Gasteiger partial charge < -0.3 is 19.1 Å². The molecule has 1 amide bonds. The maximum absolute atomic E-state index is 13.7. The van der Waals surface area contributed by atoms with E-state index in [1.54, 1.807) is 56.4 Å². The monoisotopic (exact) mass is 560 g/mol. The number of sulfonamides is 1. The van der Waals surface area contributed by atoms with Crippen LogP contribution < -0.4 is 14.2 Å². The van der Waals surface area contributed by atoms with Crippen molar-refractivity contribution >= 4 is 27.3 Å². The zero-order chi connectivity index (χ0) is 27.9. The first-order valence-corrected chi connectivity index (χ1v) is 14.5. The summed E-state index contributed by atoms with van der Waals surface area (Å²) < 4.78 is 44.1. The van der Waals surface area contributed by atoms with Gasteiger partial charge in [0.25, 0.3) is 0 Å². The predicted octanol–water partition coefficient (Wildman–Crippen LogP) is 4.75. The summed E-state index contributed by atoms with van der Waals surface area (Å²) in [7, 11) is 0.787. The fourth-order valence-electron chi connectivity index (χ4n) is 4.01. The van der Waals surface area contributed by atoms with Gasteiger partial charge in [0, 0.05) is 22.3 Å². The minimum atomic E-state index is -3.90. The number of thiophene rings is 1. The van der Waals surface area contributed by atoms with Crippen LogP contribution in [0.2, 0.25) is 0 Å². The van der Waals surface area contributed by atoms with Crippen molar-refractivity contribution in [2.45, 2.75) is 44.7 Å². The molecule has 2 aromatic carbocycles. The lowest BCUT2D eigenvalue weighted by molar-refractivity contribution is -0.132. The van der Waals surface area contributed by atoms with Crippen LogP contribution in [0.25, 0.3) is 0 Å². The highest BCUT2D eigenvalue weighted by molar-refractivity contribution is 7.89. The van der Waals surface area contributed by atoms with Crippen LogP contribution in [0.5, 0.6) is 17.2 Å². The van der Waals surface area contributed by atoms with Crippen molar-refractivity contribution in [3.8, 4) is 17.2 Å². The number of carbonyl (C=O) groups excluding carboxylic acids is 1. The van der Waals surface area contributed by atoms with Gasteiger partial charge in [0.05, 0.1) is 39.3 Å². The molecule has 10 heteroatoms. The van der Waals surface area contributed by atoms with Gasteiger partial charge >= 0.3 is 0 Å². The molecule has 3 rings (SSSR count). The Morgan fingerprint density at radius 2 is 1.61 bits per heavy atom. The fraction of sp³-hybridized carbons (Fsp3) is 0.393. The van der Waals surface area contributed by atoms with Crippen LogP contribution in [0.4, 0.5) is 0 Å². The largest absolute Gasteiger partial charge is 0.497 e. The maximum Gasteiger partial charge on any atom is 0.243 e. The molecule has 3 aromatic rings. The van der Waals surface area contributed by atoms with Gasteiger partial charge in [-0.25, -0.2) is 8.42 Å². The summed E-state index contributed by atoms with van der Waals surface area (Å²) in [5.41, 5.74) is 0.981. The van der Waals surface area contributed by atoms with Gasteiger partial charge in [-0.2, -0.15) is 4.31 Å². The number of hydrogen-bond acceptors (Lipinski definition) is 7. The predicted molar refractivity (Wildman–Crippen MR) is 150 cm³/mol. The van der Waals surface area contributed by atoms with Crippen LogP contribution in [0, 0.1) is 6.92 Å². The standard InChI is InChI=1S/C28H36N2O6S2/c1-20(2)30(38(32,33)25-12-9-23(34-4)10-13-25)19-28(31)29(18-24-11-7-21(3)37-24)16-15-22-8-14-26(35-5)27(17-22)36-6/h7-14,17,20H,15-16,18-19H2,1-6H3. The molecule has 1 aromatic heterocycles. The second-order valence-electron chi connectivity index (χ2n) is 9.09. The third-order valence-corrected chi connectivity index (χ3v) is 9.17. The maximum atomic E-state index is 13.7. The highest BCUT2D eigenvalue weighted by atomic mass is 32.2. The van der Waals surface area contributed by atoms with E-state index < -0.39 is 16.1 Å². The van der Waals surface area contributed by atoms with Crippen molar-refractivity contribution < 1.29 is 27.4 Å².